The Labute approximate surface area is 180 Å². The summed E-state index contributed by atoms with van der Waals surface area (Å²) in [6, 6.07) is 2.92. The maximum absolute atomic E-state index is 14.0. The van der Waals surface area contributed by atoms with Crippen LogP contribution >= 0.6 is 0 Å². The molecule has 2 heterocycles. The maximum Gasteiger partial charge on any atom is 0.249 e. The van der Waals surface area contributed by atoms with E-state index in [9.17, 15) is 26.8 Å². The Balaban J connectivity index is 1.70. The fourth-order valence-electron chi connectivity index (χ4n) is 4.01. The molecule has 0 amide bonds. The van der Waals surface area contributed by atoms with Crippen LogP contribution in [0.4, 0.5) is 8.78 Å². The van der Waals surface area contributed by atoms with Gasteiger partial charge in [-0.2, -0.15) is 4.31 Å². The molecule has 0 spiro atoms. The fourth-order valence-corrected chi connectivity index (χ4v) is 5.54. The molecule has 7 nitrogen and oxygen atoms in total. The van der Waals surface area contributed by atoms with Crippen LogP contribution in [0.3, 0.4) is 0 Å². The van der Waals surface area contributed by atoms with Crippen molar-refractivity contribution in [2.45, 2.75) is 32.1 Å². The van der Waals surface area contributed by atoms with Gasteiger partial charge in [0.1, 0.15) is 11.6 Å². The van der Waals surface area contributed by atoms with Crippen molar-refractivity contribution in [1.82, 2.24) is 14.2 Å². The van der Waals surface area contributed by atoms with E-state index in [4.69, 9.17) is 0 Å². The van der Waals surface area contributed by atoms with Gasteiger partial charge >= 0.3 is 0 Å². The second-order valence-corrected chi connectivity index (χ2v) is 9.42. The minimum Gasteiger partial charge on any atom is -0.355 e. The number of aryl methyl sites for hydroxylation is 1. The quantitative estimate of drug-likeness (QED) is 0.651. The fraction of sp³-hybridized carbons (Fsp3) is 0.429. The Hall–Kier alpha value is -2.43. The van der Waals surface area contributed by atoms with Crippen molar-refractivity contribution < 1.29 is 26.8 Å². The SMILES string of the molecule is CCc1c(C(=O)CN2CCN(S(=O)(=O)c3c(F)cccc3F)CC2)[nH]c(C)c1C(C)=O. The normalized spacial score (nSPS) is 15.9. The molecular formula is C21H25F2N3O4S. The van der Waals surface area contributed by atoms with Crippen LogP contribution in [0.2, 0.25) is 0 Å². The van der Waals surface area contributed by atoms with Gasteiger partial charge in [0, 0.05) is 37.4 Å². The van der Waals surface area contributed by atoms with Gasteiger partial charge in [-0.3, -0.25) is 14.5 Å². The van der Waals surface area contributed by atoms with Crippen molar-refractivity contribution in [2.75, 3.05) is 32.7 Å². The number of halogens is 2. The first kappa shape index (κ1) is 23.2. The monoisotopic (exact) mass is 453 g/mol. The van der Waals surface area contributed by atoms with Gasteiger partial charge < -0.3 is 4.98 Å². The number of aromatic nitrogens is 1. The molecule has 1 aromatic carbocycles. The number of sulfonamides is 1. The Morgan fingerprint density at radius 1 is 1.10 bits per heavy atom. The first-order valence-electron chi connectivity index (χ1n) is 10.00. The van der Waals surface area contributed by atoms with Crippen LogP contribution in [0.5, 0.6) is 0 Å². The number of nitrogens with zero attached hydrogens (tertiary/aromatic N) is 2. The van der Waals surface area contributed by atoms with Gasteiger partial charge in [0.05, 0.1) is 12.2 Å². The zero-order chi connectivity index (χ0) is 22.9. The van der Waals surface area contributed by atoms with Crippen LogP contribution in [-0.4, -0.2) is 66.9 Å². The van der Waals surface area contributed by atoms with E-state index in [0.717, 1.165) is 22.5 Å². The van der Waals surface area contributed by atoms with Gasteiger partial charge in [0.15, 0.2) is 16.5 Å². The molecule has 1 N–H and O–H groups in total. The molecule has 0 bridgehead atoms. The van der Waals surface area contributed by atoms with Crippen LogP contribution in [0.1, 0.15) is 46.0 Å². The van der Waals surface area contributed by atoms with Crippen molar-refractivity contribution in [2.24, 2.45) is 0 Å². The summed E-state index contributed by atoms with van der Waals surface area (Å²) >= 11 is 0. The number of aromatic amines is 1. The molecule has 1 aliphatic rings. The van der Waals surface area contributed by atoms with Crippen LogP contribution < -0.4 is 0 Å². The molecule has 10 heteroatoms. The zero-order valence-electron chi connectivity index (χ0n) is 17.7. The number of rotatable bonds is 7. The zero-order valence-corrected chi connectivity index (χ0v) is 18.5. The number of Topliss-reactive ketones (excluding diaryl/α,β-unsaturated/α-hetero) is 2. The van der Waals surface area contributed by atoms with Gasteiger partial charge in [-0.15, -0.1) is 0 Å². The molecule has 168 valence electrons. The molecule has 1 fully saturated rings. The van der Waals surface area contributed by atoms with E-state index >= 15 is 0 Å². The van der Waals surface area contributed by atoms with E-state index in [1.165, 1.54) is 6.92 Å². The van der Waals surface area contributed by atoms with E-state index in [1.54, 1.807) is 11.8 Å². The molecule has 0 unspecified atom stereocenters. The molecular weight excluding hydrogens is 428 g/mol. The van der Waals surface area contributed by atoms with E-state index < -0.39 is 26.6 Å². The van der Waals surface area contributed by atoms with Gasteiger partial charge in [-0.05, 0) is 38.0 Å². The lowest BCUT2D eigenvalue weighted by Gasteiger charge is -2.33. The van der Waals surface area contributed by atoms with Crippen molar-refractivity contribution >= 4 is 21.6 Å². The predicted octanol–water partition coefficient (Wildman–Crippen LogP) is 2.56. The van der Waals surface area contributed by atoms with Crippen molar-refractivity contribution in [3.8, 4) is 0 Å². The van der Waals surface area contributed by atoms with Gasteiger partial charge in [0.25, 0.3) is 0 Å². The summed E-state index contributed by atoms with van der Waals surface area (Å²) in [5, 5.41) is 0. The number of hydrogen-bond donors (Lipinski definition) is 1. The third kappa shape index (κ3) is 4.46. The molecule has 1 saturated heterocycles. The van der Waals surface area contributed by atoms with E-state index in [0.29, 0.717) is 28.9 Å². The molecule has 0 radical (unpaired) electrons. The Morgan fingerprint density at radius 2 is 1.68 bits per heavy atom. The van der Waals surface area contributed by atoms with Gasteiger partial charge in [0.2, 0.25) is 10.0 Å². The molecule has 31 heavy (non-hydrogen) atoms. The summed E-state index contributed by atoms with van der Waals surface area (Å²) in [6.45, 7) is 5.62. The largest absolute Gasteiger partial charge is 0.355 e. The number of carbonyl (C=O) groups is 2. The summed E-state index contributed by atoms with van der Waals surface area (Å²) in [5.41, 5.74) is 2.27. The van der Waals surface area contributed by atoms with Crippen molar-refractivity contribution in [3.05, 3.63) is 52.3 Å². The van der Waals surface area contributed by atoms with Crippen LogP contribution in [-0.2, 0) is 16.4 Å². The highest BCUT2D eigenvalue weighted by atomic mass is 32.2. The molecule has 1 aromatic heterocycles. The second kappa shape index (κ2) is 8.97. The van der Waals surface area contributed by atoms with E-state index in [2.05, 4.69) is 4.98 Å². The Morgan fingerprint density at radius 3 is 2.19 bits per heavy atom. The molecule has 1 aliphatic heterocycles. The number of nitrogens with one attached hydrogen (secondary N) is 1. The van der Waals surface area contributed by atoms with Crippen molar-refractivity contribution in [3.63, 3.8) is 0 Å². The lowest BCUT2D eigenvalue weighted by Crippen LogP contribution is -2.50. The second-order valence-electron chi connectivity index (χ2n) is 7.54. The van der Waals surface area contributed by atoms with Gasteiger partial charge in [-0.25, -0.2) is 17.2 Å². The summed E-state index contributed by atoms with van der Waals surface area (Å²) in [7, 11) is -4.32. The molecule has 3 rings (SSSR count). The Bertz CT molecular complexity index is 1100. The van der Waals surface area contributed by atoms with E-state index in [1.807, 2.05) is 6.92 Å². The number of H-pyrrole nitrogens is 1. The minimum absolute atomic E-state index is 0.00642. The van der Waals surface area contributed by atoms with Crippen LogP contribution in [0.25, 0.3) is 0 Å². The summed E-state index contributed by atoms with van der Waals surface area (Å²) in [5.74, 6) is -2.56. The number of hydrogen-bond acceptors (Lipinski definition) is 5. The maximum atomic E-state index is 14.0. The third-order valence-electron chi connectivity index (χ3n) is 5.49. The first-order valence-corrected chi connectivity index (χ1v) is 11.4. The summed E-state index contributed by atoms with van der Waals surface area (Å²) in [6.07, 6.45) is 0.528. The standard InChI is InChI=1S/C21H25F2N3O4S/c1-4-15-19(14(3)27)13(2)24-20(15)18(28)12-25-8-10-26(11-9-25)31(29,30)21-16(22)6-5-7-17(21)23/h5-7,24H,4,8-12H2,1-3H3. The third-order valence-corrected chi connectivity index (χ3v) is 7.44. The Kier molecular flexibility index (Phi) is 6.73. The van der Waals surface area contributed by atoms with Gasteiger partial charge in [-0.1, -0.05) is 13.0 Å². The topological polar surface area (TPSA) is 90.6 Å². The summed E-state index contributed by atoms with van der Waals surface area (Å²) < 4.78 is 54.4. The predicted molar refractivity (Wildman–Crippen MR) is 111 cm³/mol. The number of ketones is 2. The minimum atomic E-state index is -4.32. The lowest BCUT2D eigenvalue weighted by atomic mass is 10.0. The first-order chi connectivity index (χ1) is 14.6. The van der Waals surface area contributed by atoms with Crippen LogP contribution in [0.15, 0.2) is 23.1 Å². The number of carbonyl (C=O) groups excluding carboxylic acids is 2. The summed E-state index contributed by atoms with van der Waals surface area (Å²) in [4.78, 5) is 28.6. The van der Waals surface area contributed by atoms with Crippen molar-refractivity contribution in [1.29, 1.82) is 0 Å². The average molecular weight is 454 g/mol. The molecule has 2 aromatic rings. The molecule has 0 aliphatic carbocycles. The lowest BCUT2D eigenvalue weighted by molar-refractivity contribution is 0.0896. The molecule has 0 saturated carbocycles. The highest BCUT2D eigenvalue weighted by molar-refractivity contribution is 7.89. The average Bonchev–Trinajstić information content (AvgIpc) is 3.04. The highest BCUT2D eigenvalue weighted by Crippen LogP contribution is 2.24. The smallest absolute Gasteiger partial charge is 0.249 e. The van der Waals surface area contributed by atoms with E-state index in [-0.39, 0.29) is 44.3 Å². The highest BCUT2D eigenvalue weighted by Gasteiger charge is 2.33. The molecule has 0 atom stereocenters. The number of benzene rings is 1. The van der Waals surface area contributed by atoms with Crippen LogP contribution in [0, 0.1) is 18.6 Å². The number of piperazine rings is 1.